The molecular weight excluding hydrogens is 548 g/mol. The van der Waals surface area contributed by atoms with Crippen molar-refractivity contribution in [3.05, 3.63) is 75.8 Å². The largest absolute Gasteiger partial charge is 0.464 e. The highest BCUT2D eigenvalue weighted by molar-refractivity contribution is 7.52. The highest BCUT2D eigenvalue weighted by atomic mass is 31.2. The van der Waals surface area contributed by atoms with Gasteiger partial charge in [-0.05, 0) is 25.0 Å². The van der Waals surface area contributed by atoms with Gasteiger partial charge in [-0.15, -0.1) is 6.58 Å². The molecule has 40 heavy (non-hydrogen) atoms. The lowest BCUT2D eigenvalue weighted by molar-refractivity contribution is -0.146. The van der Waals surface area contributed by atoms with Crippen LogP contribution >= 0.6 is 7.75 Å². The Balaban J connectivity index is 1.81. The summed E-state index contributed by atoms with van der Waals surface area (Å²) in [7, 11) is -4.37. The van der Waals surface area contributed by atoms with Gasteiger partial charge in [0.25, 0.3) is 5.56 Å². The number of aromatic nitrogens is 2. The van der Waals surface area contributed by atoms with Crippen molar-refractivity contribution in [3.63, 3.8) is 0 Å². The molecule has 0 unspecified atom stereocenters. The third-order valence-electron chi connectivity index (χ3n) is 6.48. The van der Waals surface area contributed by atoms with E-state index in [2.05, 4.69) is 11.7 Å². The van der Waals surface area contributed by atoms with Gasteiger partial charge in [-0.3, -0.25) is 23.7 Å². The summed E-state index contributed by atoms with van der Waals surface area (Å²) in [5.41, 5.74) is -2.14. The first kappa shape index (κ1) is 31.4. The van der Waals surface area contributed by atoms with E-state index >= 15 is 0 Å². The fourth-order valence-electron chi connectivity index (χ4n) is 4.05. The zero-order valence-corrected chi connectivity index (χ0v) is 23.4. The van der Waals surface area contributed by atoms with Crippen LogP contribution in [0.3, 0.4) is 0 Å². The summed E-state index contributed by atoms with van der Waals surface area (Å²) in [6, 6.07) is 6.97. The highest BCUT2D eigenvalue weighted by Crippen LogP contribution is 2.48. The number of para-hydroxylation sites is 1. The SMILES string of the molecule is C=C[C@@H](O[P@](=O)(N[C@@H](C)C(=O)OCC(CC)CC)Oc1ccccc1)[C@H]1O[C@@H](n2cc(F)c(=O)[nH]c2=O)C[C@@H]1O. The maximum Gasteiger partial charge on any atom is 0.460 e. The molecule has 1 fully saturated rings. The fraction of sp³-hybridized carbons (Fsp3) is 0.500. The zero-order valence-electron chi connectivity index (χ0n) is 22.5. The van der Waals surface area contributed by atoms with Crippen LogP contribution in [0.1, 0.15) is 46.3 Å². The van der Waals surface area contributed by atoms with Crippen molar-refractivity contribution >= 4 is 13.7 Å². The standard InChI is InChI=1S/C26H35FN3O9P/c1-5-17(6-2)15-36-25(33)16(4)29-40(35,38-18-11-9-8-10-12-18)39-21(7-3)23-20(31)13-22(37-23)30-14-19(27)24(32)28-26(30)34/h7-12,14,16-17,20-23,31H,3,5-6,13,15H2,1-2,4H3,(H,29,35)(H,28,32,34)/t16-,20-,21+,22+,23-,40-/m0/s1. The minimum atomic E-state index is -4.37. The quantitative estimate of drug-likeness (QED) is 0.171. The summed E-state index contributed by atoms with van der Waals surface area (Å²) in [5.74, 6) is -1.53. The maximum atomic E-state index is 14.0. The van der Waals surface area contributed by atoms with Crippen LogP contribution in [0.25, 0.3) is 0 Å². The Kier molecular flexibility index (Phi) is 11.0. The Hall–Kier alpha value is -3.09. The molecule has 0 bridgehead atoms. The van der Waals surface area contributed by atoms with Gasteiger partial charge in [-0.2, -0.15) is 9.48 Å². The second-order valence-corrected chi connectivity index (χ2v) is 11.0. The Morgan fingerprint density at radius 3 is 2.62 bits per heavy atom. The van der Waals surface area contributed by atoms with E-state index in [9.17, 15) is 28.4 Å². The summed E-state index contributed by atoms with van der Waals surface area (Å²) >= 11 is 0. The monoisotopic (exact) mass is 583 g/mol. The molecule has 0 radical (unpaired) electrons. The molecule has 0 spiro atoms. The predicted molar refractivity (Wildman–Crippen MR) is 143 cm³/mol. The first-order chi connectivity index (χ1) is 19.0. The number of carbonyl (C=O) groups is 1. The van der Waals surface area contributed by atoms with Gasteiger partial charge in [0.1, 0.15) is 30.2 Å². The first-order valence-corrected chi connectivity index (χ1v) is 14.5. The van der Waals surface area contributed by atoms with E-state index < -0.39 is 61.4 Å². The molecule has 1 saturated heterocycles. The van der Waals surface area contributed by atoms with E-state index in [1.807, 2.05) is 18.8 Å². The second kappa shape index (κ2) is 14.0. The lowest BCUT2D eigenvalue weighted by Gasteiger charge is -2.29. The number of ether oxygens (including phenoxy) is 2. The van der Waals surface area contributed by atoms with Crippen molar-refractivity contribution in [1.29, 1.82) is 0 Å². The van der Waals surface area contributed by atoms with Crippen molar-refractivity contribution < 1.29 is 37.4 Å². The second-order valence-electron chi connectivity index (χ2n) is 9.37. The molecule has 3 N–H and O–H groups in total. The molecule has 2 heterocycles. The minimum absolute atomic E-state index is 0.166. The van der Waals surface area contributed by atoms with E-state index in [1.165, 1.54) is 25.1 Å². The lowest BCUT2D eigenvalue weighted by Crippen LogP contribution is -2.40. The Morgan fingerprint density at radius 1 is 1.32 bits per heavy atom. The van der Waals surface area contributed by atoms with E-state index in [0.29, 0.717) is 6.20 Å². The molecule has 1 aromatic heterocycles. The summed E-state index contributed by atoms with van der Waals surface area (Å²) in [4.78, 5) is 38.1. The number of carbonyl (C=O) groups excluding carboxylic acids is 1. The number of aromatic amines is 1. The van der Waals surface area contributed by atoms with Crippen molar-refractivity contribution in [2.45, 2.75) is 70.6 Å². The molecular formula is C26H35FN3O9P. The minimum Gasteiger partial charge on any atom is -0.464 e. The predicted octanol–water partition coefficient (Wildman–Crippen LogP) is 3.04. The van der Waals surface area contributed by atoms with Gasteiger partial charge in [-0.25, -0.2) is 9.36 Å². The number of aliphatic hydroxyl groups excluding tert-OH is 1. The number of nitrogens with one attached hydrogen (secondary N) is 2. The van der Waals surface area contributed by atoms with Crippen molar-refractivity contribution in [2.24, 2.45) is 5.92 Å². The number of aliphatic hydroxyl groups is 1. The van der Waals surface area contributed by atoms with E-state index in [1.54, 1.807) is 18.2 Å². The third kappa shape index (κ3) is 7.98. The van der Waals surface area contributed by atoms with E-state index in [0.717, 1.165) is 17.4 Å². The number of hydrogen-bond acceptors (Lipinski definition) is 9. The number of hydrogen-bond donors (Lipinski definition) is 3. The number of H-pyrrole nitrogens is 1. The molecule has 220 valence electrons. The Morgan fingerprint density at radius 2 is 2.00 bits per heavy atom. The number of esters is 1. The summed E-state index contributed by atoms with van der Waals surface area (Å²) in [6.45, 7) is 9.29. The van der Waals surface area contributed by atoms with Gasteiger partial charge in [0.2, 0.25) is 5.82 Å². The first-order valence-electron chi connectivity index (χ1n) is 12.9. The molecule has 1 aliphatic heterocycles. The summed E-state index contributed by atoms with van der Waals surface area (Å²) in [5, 5.41) is 13.3. The smallest absolute Gasteiger partial charge is 0.460 e. The van der Waals surface area contributed by atoms with Crippen molar-refractivity contribution in [1.82, 2.24) is 14.6 Å². The third-order valence-corrected chi connectivity index (χ3v) is 8.15. The van der Waals surface area contributed by atoms with Gasteiger partial charge in [0.05, 0.1) is 18.9 Å². The van der Waals surface area contributed by atoms with Gasteiger partial charge >= 0.3 is 19.4 Å². The molecule has 3 rings (SSSR count). The Bertz CT molecular complexity index is 1310. The summed E-state index contributed by atoms with van der Waals surface area (Å²) < 4.78 is 51.2. The van der Waals surface area contributed by atoms with Gasteiger partial charge in [0, 0.05) is 6.42 Å². The molecule has 2 aromatic rings. The molecule has 0 amide bonds. The highest BCUT2D eigenvalue weighted by Gasteiger charge is 2.44. The van der Waals surface area contributed by atoms with Crippen LogP contribution in [0, 0.1) is 11.7 Å². The average molecular weight is 584 g/mol. The van der Waals surface area contributed by atoms with Crippen LogP contribution in [0.4, 0.5) is 4.39 Å². The number of benzene rings is 1. The molecule has 6 atom stereocenters. The van der Waals surface area contributed by atoms with Crippen molar-refractivity contribution in [3.8, 4) is 5.75 Å². The Labute approximate surface area is 230 Å². The number of rotatable bonds is 14. The van der Waals surface area contributed by atoms with Crippen LogP contribution in [-0.4, -0.2) is 51.6 Å². The molecule has 0 saturated carbocycles. The normalized spacial score (nSPS) is 21.9. The van der Waals surface area contributed by atoms with Crippen LogP contribution in [0.15, 0.2) is 58.8 Å². The van der Waals surface area contributed by atoms with Crippen LogP contribution in [-0.2, 0) is 23.4 Å². The van der Waals surface area contributed by atoms with Gasteiger partial charge in [0.15, 0.2) is 0 Å². The van der Waals surface area contributed by atoms with Gasteiger partial charge in [-0.1, -0.05) is 51.0 Å². The topological polar surface area (TPSA) is 158 Å². The molecule has 1 aromatic carbocycles. The van der Waals surface area contributed by atoms with Crippen LogP contribution in [0.5, 0.6) is 5.75 Å². The number of nitrogens with zero attached hydrogens (tertiary/aromatic N) is 1. The molecule has 0 aliphatic carbocycles. The van der Waals surface area contributed by atoms with Crippen LogP contribution < -0.4 is 20.9 Å². The lowest BCUT2D eigenvalue weighted by atomic mass is 10.1. The molecule has 12 nitrogen and oxygen atoms in total. The van der Waals surface area contributed by atoms with Crippen molar-refractivity contribution in [2.75, 3.05) is 6.61 Å². The van der Waals surface area contributed by atoms with Gasteiger partial charge < -0.3 is 19.1 Å². The number of halogens is 1. The molecule has 1 aliphatic rings. The van der Waals surface area contributed by atoms with E-state index in [4.69, 9.17) is 18.5 Å². The fourth-order valence-corrected chi connectivity index (χ4v) is 5.72. The van der Waals surface area contributed by atoms with Crippen LogP contribution in [0.2, 0.25) is 0 Å². The summed E-state index contributed by atoms with van der Waals surface area (Å²) in [6.07, 6.45) is -1.60. The maximum absolute atomic E-state index is 14.0. The molecule has 14 heteroatoms. The average Bonchev–Trinajstić information content (AvgIpc) is 3.31. The zero-order chi connectivity index (χ0) is 29.4. The van der Waals surface area contributed by atoms with E-state index in [-0.39, 0.29) is 24.7 Å².